The number of hydrogen-bond acceptors (Lipinski definition) is 6. The van der Waals surface area contributed by atoms with Crippen molar-refractivity contribution in [3.8, 4) is 0 Å². The van der Waals surface area contributed by atoms with Gasteiger partial charge in [-0.25, -0.2) is 9.97 Å². The second kappa shape index (κ2) is 6.39. The lowest BCUT2D eigenvalue weighted by Gasteiger charge is -2.27. The molecule has 1 saturated heterocycles. The summed E-state index contributed by atoms with van der Waals surface area (Å²) in [6.45, 7) is 4.06. The summed E-state index contributed by atoms with van der Waals surface area (Å²) in [6.07, 6.45) is 6.99. The number of nitrogens with zero attached hydrogens (tertiary/aromatic N) is 5. The highest BCUT2D eigenvalue weighted by Gasteiger charge is 2.17. The molecule has 6 nitrogen and oxygen atoms in total. The van der Waals surface area contributed by atoms with Crippen LogP contribution < -0.4 is 10.2 Å². The number of piperidine rings is 1. The topological polar surface area (TPSA) is 66.8 Å². The summed E-state index contributed by atoms with van der Waals surface area (Å²) in [4.78, 5) is 20.4. The monoisotopic (exact) mass is 320 g/mol. The van der Waals surface area contributed by atoms with E-state index in [1.807, 2.05) is 12.1 Å². The van der Waals surface area contributed by atoms with E-state index in [9.17, 15) is 0 Å². The van der Waals surface area contributed by atoms with Gasteiger partial charge in [0.25, 0.3) is 0 Å². The van der Waals surface area contributed by atoms with E-state index in [4.69, 9.17) is 4.98 Å². The summed E-state index contributed by atoms with van der Waals surface area (Å²) in [5.74, 6) is 1.44. The molecule has 0 unspecified atom stereocenters. The van der Waals surface area contributed by atoms with Crippen LogP contribution in [0.1, 0.15) is 24.8 Å². The smallest absolute Gasteiger partial charge is 0.229 e. The van der Waals surface area contributed by atoms with Gasteiger partial charge in [-0.05, 0) is 38.3 Å². The van der Waals surface area contributed by atoms with Crippen LogP contribution >= 0.6 is 0 Å². The maximum Gasteiger partial charge on any atom is 0.229 e. The van der Waals surface area contributed by atoms with Crippen molar-refractivity contribution in [1.82, 2.24) is 19.9 Å². The molecule has 6 heteroatoms. The van der Waals surface area contributed by atoms with Crippen LogP contribution in [0.3, 0.4) is 0 Å². The zero-order valence-electron chi connectivity index (χ0n) is 13.7. The molecule has 0 atom stereocenters. The van der Waals surface area contributed by atoms with E-state index in [-0.39, 0.29) is 0 Å². The van der Waals surface area contributed by atoms with Crippen LogP contribution in [0.15, 0.2) is 36.7 Å². The van der Waals surface area contributed by atoms with Gasteiger partial charge in [0.1, 0.15) is 0 Å². The van der Waals surface area contributed by atoms with Crippen molar-refractivity contribution in [3.63, 3.8) is 0 Å². The predicted molar refractivity (Wildman–Crippen MR) is 95.7 cm³/mol. The fourth-order valence-corrected chi connectivity index (χ4v) is 2.95. The second-order valence-corrected chi connectivity index (χ2v) is 6.14. The highest BCUT2D eigenvalue weighted by molar-refractivity contribution is 5.85. The Morgan fingerprint density at radius 1 is 0.917 bits per heavy atom. The van der Waals surface area contributed by atoms with Gasteiger partial charge in [0.05, 0.1) is 0 Å². The Kier molecular flexibility index (Phi) is 3.94. The van der Waals surface area contributed by atoms with E-state index in [1.165, 1.54) is 24.8 Å². The lowest BCUT2D eigenvalue weighted by Crippen LogP contribution is -2.31. The number of anilines is 3. The number of aromatic nitrogens is 4. The van der Waals surface area contributed by atoms with Gasteiger partial charge in [-0.2, -0.15) is 9.97 Å². The van der Waals surface area contributed by atoms with E-state index in [0.717, 1.165) is 24.7 Å². The Morgan fingerprint density at radius 3 is 2.46 bits per heavy atom. The molecule has 1 aliphatic heterocycles. The normalized spacial score (nSPS) is 14.8. The molecule has 0 saturated carbocycles. The van der Waals surface area contributed by atoms with Gasteiger partial charge in [-0.3, -0.25) is 0 Å². The average Bonchev–Trinajstić information content (AvgIpc) is 2.64. The first-order valence-corrected chi connectivity index (χ1v) is 8.37. The minimum atomic E-state index is 0.627. The first-order valence-electron chi connectivity index (χ1n) is 8.37. The van der Waals surface area contributed by atoms with Gasteiger partial charge in [0.15, 0.2) is 17.0 Å². The Labute approximate surface area is 141 Å². The molecule has 0 bridgehead atoms. The average molecular weight is 320 g/mol. The molecule has 122 valence electrons. The maximum absolute atomic E-state index is 4.74. The van der Waals surface area contributed by atoms with Gasteiger partial charge in [-0.1, -0.05) is 17.7 Å². The van der Waals surface area contributed by atoms with Crippen molar-refractivity contribution in [2.24, 2.45) is 0 Å². The van der Waals surface area contributed by atoms with Gasteiger partial charge in [0, 0.05) is 31.2 Å². The molecule has 3 aromatic rings. The molecule has 1 aromatic carbocycles. The third-order valence-corrected chi connectivity index (χ3v) is 4.27. The van der Waals surface area contributed by atoms with Crippen molar-refractivity contribution in [1.29, 1.82) is 0 Å². The third-order valence-electron chi connectivity index (χ3n) is 4.27. The first-order chi connectivity index (χ1) is 11.8. The number of rotatable bonds is 3. The first kappa shape index (κ1) is 14.8. The Hall–Kier alpha value is -2.76. The van der Waals surface area contributed by atoms with Gasteiger partial charge in [0.2, 0.25) is 5.95 Å². The van der Waals surface area contributed by atoms with E-state index < -0.39 is 0 Å². The van der Waals surface area contributed by atoms with Crippen LogP contribution in [-0.4, -0.2) is 33.0 Å². The number of aryl methyl sites for hydroxylation is 1. The minimum Gasteiger partial charge on any atom is -0.341 e. The highest BCUT2D eigenvalue weighted by atomic mass is 15.3. The highest BCUT2D eigenvalue weighted by Crippen LogP contribution is 2.25. The summed E-state index contributed by atoms with van der Waals surface area (Å²) in [6, 6.07) is 8.23. The van der Waals surface area contributed by atoms with Crippen LogP contribution in [0.5, 0.6) is 0 Å². The molecule has 1 aliphatic rings. The van der Waals surface area contributed by atoms with Gasteiger partial charge in [-0.15, -0.1) is 0 Å². The second-order valence-electron chi connectivity index (χ2n) is 6.14. The summed E-state index contributed by atoms with van der Waals surface area (Å²) < 4.78 is 0. The summed E-state index contributed by atoms with van der Waals surface area (Å²) in [5.41, 5.74) is 3.53. The molecule has 24 heavy (non-hydrogen) atoms. The van der Waals surface area contributed by atoms with Crippen LogP contribution in [0.4, 0.5) is 17.5 Å². The molecule has 1 fully saturated rings. The quantitative estimate of drug-likeness (QED) is 0.797. The number of fused-ring (bicyclic) bond motifs is 1. The van der Waals surface area contributed by atoms with E-state index in [0.29, 0.717) is 17.0 Å². The van der Waals surface area contributed by atoms with Gasteiger partial charge >= 0.3 is 0 Å². The number of hydrogen-bond donors (Lipinski definition) is 1. The molecule has 0 radical (unpaired) electrons. The van der Waals surface area contributed by atoms with Crippen LogP contribution in [0, 0.1) is 6.92 Å². The molecular formula is C18H20N6. The Bertz CT molecular complexity index is 840. The molecule has 1 N–H and O–H groups in total. The molecular weight excluding hydrogens is 300 g/mol. The van der Waals surface area contributed by atoms with Crippen molar-refractivity contribution in [2.75, 3.05) is 23.3 Å². The van der Waals surface area contributed by atoms with E-state index in [2.05, 4.69) is 44.2 Å². The molecule has 2 aromatic heterocycles. The van der Waals surface area contributed by atoms with Gasteiger partial charge < -0.3 is 10.2 Å². The SMILES string of the molecule is Cc1ccc(Nc2nc(N3CCCCC3)nc3nccnc23)cc1. The minimum absolute atomic E-state index is 0.627. The largest absolute Gasteiger partial charge is 0.341 e. The maximum atomic E-state index is 4.74. The lowest BCUT2D eigenvalue weighted by atomic mass is 10.1. The van der Waals surface area contributed by atoms with Crippen molar-refractivity contribution in [2.45, 2.75) is 26.2 Å². The van der Waals surface area contributed by atoms with E-state index in [1.54, 1.807) is 12.4 Å². The molecule has 0 spiro atoms. The summed E-state index contributed by atoms with van der Waals surface area (Å²) >= 11 is 0. The fourth-order valence-electron chi connectivity index (χ4n) is 2.95. The predicted octanol–water partition coefficient (Wildman–Crippen LogP) is 3.46. The van der Waals surface area contributed by atoms with Crippen LogP contribution in [0.25, 0.3) is 11.2 Å². The number of benzene rings is 1. The number of nitrogens with one attached hydrogen (secondary N) is 1. The van der Waals surface area contributed by atoms with Crippen molar-refractivity contribution < 1.29 is 0 Å². The summed E-state index contributed by atoms with van der Waals surface area (Å²) in [7, 11) is 0. The third kappa shape index (κ3) is 2.99. The van der Waals surface area contributed by atoms with Crippen LogP contribution in [-0.2, 0) is 0 Å². The molecule has 0 amide bonds. The molecule has 3 heterocycles. The fraction of sp³-hybridized carbons (Fsp3) is 0.333. The zero-order valence-corrected chi connectivity index (χ0v) is 13.7. The van der Waals surface area contributed by atoms with Crippen LogP contribution in [0.2, 0.25) is 0 Å². The zero-order chi connectivity index (χ0) is 16.4. The van der Waals surface area contributed by atoms with Crippen molar-refractivity contribution >= 4 is 28.6 Å². The summed E-state index contributed by atoms with van der Waals surface area (Å²) in [5, 5.41) is 3.37. The molecule has 4 rings (SSSR count). The standard InChI is InChI=1S/C18H20N6/c1-13-5-7-14(8-6-13)21-17-15-16(20-10-9-19-15)22-18(23-17)24-11-3-2-4-12-24/h5-10H,2-4,11-12H2,1H3,(H,20,21,22,23). The Balaban J connectivity index is 1.75. The Morgan fingerprint density at radius 2 is 1.67 bits per heavy atom. The van der Waals surface area contributed by atoms with E-state index >= 15 is 0 Å². The molecule has 0 aliphatic carbocycles. The van der Waals surface area contributed by atoms with Crippen molar-refractivity contribution in [3.05, 3.63) is 42.2 Å². The lowest BCUT2D eigenvalue weighted by molar-refractivity contribution is 0.569.